The van der Waals surface area contributed by atoms with E-state index in [4.69, 9.17) is 0 Å². The summed E-state index contributed by atoms with van der Waals surface area (Å²) in [6.45, 7) is 7.61. The van der Waals surface area contributed by atoms with Crippen LogP contribution in [0.25, 0.3) is 0 Å². The molecule has 61 valence electrons. The molecule has 0 bridgehead atoms. The van der Waals surface area contributed by atoms with Crippen LogP contribution in [0.5, 0.6) is 0 Å². The van der Waals surface area contributed by atoms with Gasteiger partial charge in [0, 0.05) is 32.7 Å². The van der Waals surface area contributed by atoms with E-state index in [1.165, 1.54) is 0 Å². The first-order valence-corrected chi connectivity index (χ1v) is 4.29. The molecule has 1 heterocycles. The number of nitrogens with zero attached hydrogens (tertiary/aromatic N) is 1. The third-order valence-electron chi connectivity index (χ3n) is 1.44. The van der Waals surface area contributed by atoms with Crippen LogP contribution in [0.4, 0.5) is 0 Å². The van der Waals surface area contributed by atoms with Crippen molar-refractivity contribution in [2.45, 2.75) is 0 Å². The van der Waals surface area contributed by atoms with Crippen LogP contribution in [-0.2, 0) is 32.7 Å². The summed E-state index contributed by atoms with van der Waals surface area (Å²) in [5, 5.41) is 0. The van der Waals surface area contributed by atoms with Gasteiger partial charge in [0.05, 0.1) is 0 Å². The van der Waals surface area contributed by atoms with Crippen molar-refractivity contribution in [3.05, 3.63) is 46.4 Å². The number of hydrogen-bond donors (Lipinski definition) is 0. The molecule has 0 spiro atoms. The molecular weight excluding hydrogens is 338 g/mol. The first kappa shape index (κ1) is 12.6. The molecule has 1 aliphatic rings. The molecule has 0 aromatic heterocycles. The first-order valence-electron chi connectivity index (χ1n) is 3.21. The Bertz CT molecular complexity index is 266. The molecule has 0 fully saturated rings. The molecule has 0 aliphatic carbocycles. The van der Waals surface area contributed by atoms with Gasteiger partial charge in [-0.25, -0.2) is 0 Å². The van der Waals surface area contributed by atoms with E-state index in [1.54, 1.807) is 6.08 Å². The Morgan fingerprint density at radius 2 is 2.25 bits per heavy atom. The van der Waals surface area contributed by atoms with Crippen molar-refractivity contribution < 1.29 is 32.7 Å². The van der Waals surface area contributed by atoms with Gasteiger partial charge in [-0.3, -0.25) is 0 Å². The van der Waals surface area contributed by atoms with Crippen LogP contribution in [0.2, 0.25) is 0 Å². The SMILES string of the molecule is C=CC1=CN(C)[C-]=C(I)C1=C.[Y]. The van der Waals surface area contributed by atoms with Crippen LogP contribution >= 0.6 is 22.6 Å². The van der Waals surface area contributed by atoms with Crippen LogP contribution in [0.1, 0.15) is 0 Å². The number of allylic oxidation sites excluding steroid dienone is 4. The van der Waals surface area contributed by atoms with E-state index in [0.717, 1.165) is 14.7 Å². The molecule has 0 N–H and O–H groups in total. The van der Waals surface area contributed by atoms with Gasteiger partial charge in [0.15, 0.2) is 0 Å². The minimum atomic E-state index is 0. The third-order valence-corrected chi connectivity index (χ3v) is 2.33. The van der Waals surface area contributed by atoms with E-state index in [9.17, 15) is 0 Å². The first-order chi connectivity index (χ1) is 5.15. The topological polar surface area (TPSA) is 3.24 Å². The molecule has 0 atom stereocenters. The Morgan fingerprint density at radius 1 is 1.67 bits per heavy atom. The zero-order chi connectivity index (χ0) is 8.43. The van der Waals surface area contributed by atoms with Crippen LogP contribution < -0.4 is 0 Å². The Morgan fingerprint density at radius 3 is 2.75 bits per heavy atom. The van der Waals surface area contributed by atoms with Crippen LogP contribution in [0.3, 0.4) is 0 Å². The second kappa shape index (κ2) is 5.35. The minimum absolute atomic E-state index is 0. The molecule has 0 aromatic carbocycles. The maximum Gasteiger partial charge on any atom is 0 e. The van der Waals surface area contributed by atoms with Gasteiger partial charge >= 0.3 is 0 Å². The maximum atomic E-state index is 3.91. The van der Waals surface area contributed by atoms with Gasteiger partial charge < -0.3 is 4.90 Å². The molecule has 0 unspecified atom stereocenters. The van der Waals surface area contributed by atoms with Gasteiger partial charge in [-0.1, -0.05) is 44.6 Å². The third kappa shape index (κ3) is 2.82. The minimum Gasteiger partial charge on any atom is -0.462 e. The van der Waals surface area contributed by atoms with E-state index < -0.39 is 0 Å². The Labute approximate surface area is 112 Å². The van der Waals surface area contributed by atoms with Crippen molar-refractivity contribution in [2.24, 2.45) is 0 Å². The Hall–Kier alpha value is 0.594. The zero-order valence-electron chi connectivity index (χ0n) is 6.97. The summed E-state index contributed by atoms with van der Waals surface area (Å²) in [6.07, 6.45) is 6.87. The fourth-order valence-electron chi connectivity index (χ4n) is 0.844. The summed E-state index contributed by atoms with van der Waals surface area (Å²) < 4.78 is 1.04. The monoisotopic (exact) mass is 347 g/mol. The van der Waals surface area contributed by atoms with Crippen LogP contribution in [-0.4, -0.2) is 11.9 Å². The van der Waals surface area contributed by atoms with E-state index in [1.807, 2.05) is 18.1 Å². The average molecular weight is 347 g/mol. The molecule has 12 heavy (non-hydrogen) atoms. The summed E-state index contributed by atoms with van der Waals surface area (Å²) >= 11 is 2.21. The summed E-state index contributed by atoms with van der Waals surface area (Å²) in [5.41, 5.74) is 2.06. The van der Waals surface area contributed by atoms with E-state index >= 15 is 0 Å². The molecule has 1 rings (SSSR count). The Balaban J connectivity index is 0.00000121. The van der Waals surface area contributed by atoms with Crippen molar-refractivity contribution in [3.8, 4) is 0 Å². The van der Waals surface area contributed by atoms with Gasteiger partial charge in [0.25, 0.3) is 0 Å². The fourth-order valence-corrected chi connectivity index (χ4v) is 1.54. The van der Waals surface area contributed by atoms with E-state index in [0.29, 0.717) is 0 Å². The second-order valence-electron chi connectivity index (χ2n) is 2.30. The van der Waals surface area contributed by atoms with Gasteiger partial charge in [-0.05, 0) is 7.05 Å². The van der Waals surface area contributed by atoms with Gasteiger partial charge in [0.2, 0.25) is 0 Å². The number of halogens is 1. The number of hydrogen-bond acceptors (Lipinski definition) is 1. The second-order valence-corrected chi connectivity index (χ2v) is 3.38. The number of rotatable bonds is 1. The van der Waals surface area contributed by atoms with Crippen molar-refractivity contribution in [1.82, 2.24) is 4.90 Å². The molecule has 0 saturated carbocycles. The van der Waals surface area contributed by atoms with Crippen molar-refractivity contribution >= 4 is 22.6 Å². The largest absolute Gasteiger partial charge is 0.462 e. The zero-order valence-corrected chi connectivity index (χ0v) is 12.0. The smallest absolute Gasteiger partial charge is 0 e. The summed E-state index contributed by atoms with van der Waals surface area (Å²) in [7, 11) is 1.94. The molecule has 1 nitrogen and oxygen atoms in total. The summed E-state index contributed by atoms with van der Waals surface area (Å²) in [6, 6.07) is 0. The summed E-state index contributed by atoms with van der Waals surface area (Å²) in [4.78, 5) is 1.88. The van der Waals surface area contributed by atoms with Crippen molar-refractivity contribution in [2.75, 3.05) is 7.05 Å². The van der Waals surface area contributed by atoms with Crippen LogP contribution in [0, 0.1) is 6.20 Å². The van der Waals surface area contributed by atoms with E-state index in [-0.39, 0.29) is 32.7 Å². The quantitative estimate of drug-likeness (QED) is 0.521. The molecule has 0 amide bonds. The van der Waals surface area contributed by atoms with E-state index in [2.05, 4.69) is 41.9 Å². The standard InChI is InChI=1S/C9H9IN.Y/c1-4-8-5-11(3)6-9(10)7(8)2;/h4-5H,1-2H2,3H3;/q-1;. The predicted octanol–water partition coefficient (Wildman–Crippen LogP) is 2.63. The normalized spacial score (nSPS) is 16.2. The van der Waals surface area contributed by atoms with Gasteiger partial charge in [0.1, 0.15) is 0 Å². The molecule has 1 radical (unpaired) electrons. The molecule has 0 saturated heterocycles. The van der Waals surface area contributed by atoms with Gasteiger partial charge in [-0.2, -0.15) is 0 Å². The maximum absolute atomic E-state index is 3.91. The van der Waals surface area contributed by atoms with Crippen molar-refractivity contribution in [3.63, 3.8) is 0 Å². The molecule has 1 aliphatic heterocycles. The van der Waals surface area contributed by atoms with Crippen molar-refractivity contribution in [1.29, 1.82) is 0 Å². The molecule has 3 heteroatoms. The average Bonchev–Trinajstić information content (AvgIpc) is 1.96. The molecule has 0 aromatic rings. The van der Waals surface area contributed by atoms with Gasteiger partial charge in [-0.15, -0.1) is 24.3 Å². The fraction of sp³-hybridized carbons (Fsp3) is 0.111. The molecular formula is C9H9INY-. The predicted molar refractivity (Wildman–Crippen MR) is 56.0 cm³/mol. The van der Waals surface area contributed by atoms with Crippen LogP contribution in [0.15, 0.2) is 40.2 Å². The summed E-state index contributed by atoms with van der Waals surface area (Å²) in [5.74, 6) is 0. The Kier molecular flexibility index (Phi) is 5.62.